The number of carbonyl (C=O) groups is 1. The maximum absolute atomic E-state index is 11.7. The lowest BCUT2D eigenvalue weighted by Gasteiger charge is -2.09. The van der Waals surface area contributed by atoms with Crippen LogP contribution in [0.15, 0.2) is 35.7 Å². The Morgan fingerprint density at radius 2 is 2.10 bits per heavy atom. The molecule has 0 aliphatic rings. The number of carbonyl (C=O) groups excluding carboxylic acids is 1. The first-order valence-corrected chi connectivity index (χ1v) is 7.55. The molecule has 100 valence electrons. The molecule has 0 amide bonds. The van der Waals surface area contributed by atoms with Crippen molar-refractivity contribution >= 4 is 50.7 Å². The Balaban J connectivity index is 2.41. The molecule has 0 saturated carbocycles. The molecule has 0 aliphatic heterocycles. The van der Waals surface area contributed by atoms with Crippen LogP contribution < -0.4 is 0 Å². The number of rotatable bonds is 2. The number of halogens is 2. The molecule has 0 aliphatic carbocycles. The van der Waals surface area contributed by atoms with Crippen molar-refractivity contribution in [2.45, 2.75) is 6.92 Å². The second-order valence-electron chi connectivity index (χ2n) is 4.37. The summed E-state index contributed by atoms with van der Waals surface area (Å²) in [6, 6.07) is 9.18. The van der Waals surface area contributed by atoms with Crippen molar-refractivity contribution in [3.8, 4) is 10.6 Å². The first-order chi connectivity index (χ1) is 9.58. The first kappa shape index (κ1) is 13.6. The molecule has 20 heavy (non-hydrogen) atoms. The summed E-state index contributed by atoms with van der Waals surface area (Å²) >= 11 is 13.4. The van der Waals surface area contributed by atoms with E-state index in [-0.39, 0.29) is 0 Å². The molecule has 0 radical (unpaired) electrons. The molecule has 2 nitrogen and oxygen atoms in total. The summed E-state index contributed by atoms with van der Waals surface area (Å²) in [5.41, 5.74) is 2.76. The number of hydrogen-bond donors (Lipinski definition) is 0. The molecule has 0 spiro atoms. The van der Waals surface area contributed by atoms with Crippen LogP contribution in [-0.2, 0) is 0 Å². The van der Waals surface area contributed by atoms with Crippen LogP contribution >= 0.6 is 34.5 Å². The van der Waals surface area contributed by atoms with E-state index in [4.69, 9.17) is 23.2 Å². The zero-order valence-electron chi connectivity index (χ0n) is 10.5. The molecule has 0 N–H and O–H groups in total. The van der Waals surface area contributed by atoms with Crippen molar-refractivity contribution < 1.29 is 4.79 Å². The zero-order chi connectivity index (χ0) is 14.3. The van der Waals surface area contributed by atoms with Crippen LogP contribution in [0.3, 0.4) is 0 Å². The highest BCUT2D eigenvalue weighted by atomic mass is 35.5. The highest BCUT2D eigenvalue weighted by Crippen LogP contribution is 2.32. The topological polar surface area (TPSA) is 30.0 Å². The Hall–Kier alpha value is -1.42. The minimum absolute atomic E-state index is 0.458. The van der Waals surface area contributed by atoms with Crippen LogP contribution in [0.4, 0.5) is 0 Å². The minimum atomic E-state index is -0.489. The molecule has 3 aromatic rings. The van der Waals surface area contributed by atoms with E-state index in [2.05, 4.69) is 4.98 Å². The summed E-state index contributed by atoms with van der Waals surface area (Å²) in [6.45, 7) is 1.89. The standard InChI is InChI=1S/C15H9Cl2NOS/c1-8-11(16)5-4-9-10(15(17)19)7-12(18-14(8)9)13-3-2-6-20-13/h2-7H,1H3. The van der Waals surface area contributed by atoms with Gasteiger partial charge in [0, 0.05) is 16.0 Å². The van der Waals surface area contributed by atoms with Gasteiger partial charge in [0.1, 0.15) is 0 Å². The van der Waals surface area contributed by atoms with Gasteiger partial charge in [-0.25, -0.2) is 4.98 Å². The number of thiophene rings is 1. The Kier molecular flexibility index (Phi) is 3.50. The van der Waals surface area contributed by atoms with Crippen LogP contribution in [0.5, 0.6) is 0 Å². The predicted octanol–water partition coefficient (Wildman–Crippen LogP) is 5.30. The molecule has 2 heterocycles. The van der Waals surface area contributed by atoms with E-state index in [1.54, 1.807) is 29.5 Å². The quantitative estimate of drug-likeness (QED) is 0.599. The van der Waals surface area contributed by atoms with Gasteiger partial charge in [0.05, 0.1) is 16.1 Å². The van der Waals surface area contributed by atoms with E-state index >= 15 is 0 Å². The van der Waals surface area contributed by atoms with Gasteiger partial charge >= 0.3 is 0 Å². The lowest BCUT2D eigenvalue weighted by atomic mass is 10.0. The van der Waals surface area contributed by atoms with E-state index < -0.39 is 5.24 Å². The smallest absolute Gasteiger partial charge is 0.253 e. The van der Waals surface area contributed by atoms with E-state index in [1.165, 1.54) is 0 Å². The maximum atomic E-state index is 11.7. The maximum Gasteiger partial charge on any atom is 0.253 e. The predicted molar refractivity (Wildman–Crippen MR) is 85.0 cm³/mol. The number of aryl methyl sites for hydroxylation is 1. The normalized spacial score (nSPS) is 10.9. The molecule has 0 saturated heterocycles. The van der Waals surface area contributed by atoms with Crippen molar-refractivity contribution in [1.82, 2.24) is 4.98 Å². The molecule has 2 aromatic heterocycles. The third kappa shape index (κ3) is 2.22. The van der Waals surface area contributed by atoms with Gasteiger partial charge in [-0.15, -0.1) is 11.3 Å². The van der Waals surface area contributed by atoms with Gasteiger partial charge in [-0.1, -0.05) is 23.7 Å². The SMILES string of the molecule is Cc1c(Cl)ccc2c(C(=O)Cl)cc(-c3cccs3)nc12. The molecular formula is C15H9Cl2NOS. The number of nitrogens with zero attached hydrogens (tertiary/aromatic N) is 1. The molecule has 0 unspecified atom stereocenters. The van der Waals surface area contributed by atoms with Crippen molar-refractivity contribution in [2.75, 3.05) is 0 Å². The second kappa shape index (κ2) is 5.17. The lowest BCUT2D eigenvalue weighted by Crippen LogP contribution is -1.97. The fraction of sp³-hybridized carbons (Fsp3) is 0.0667. The molecule has 3 rings (SSSR count). The minimum Gasteiger partial charge on any atom is -0.276 e. The monoisotopic (exact) mass is 321 g/mol. The largest absolute Gasteiger partial charge is 0.276 e. The number of hydrogen-bond acceptors (Lipinski definition) is 3. The van der Waals surface area contributed by atoms with Gasteiger partial charge in [0.25, 0.3) is 5.24 Å². The average Bonchev–Trinajstić information content (AvgIpc) is 2.96. The summed E-state index contributed by atoms with van der Waals surface area (Å²) in [4.78, 5) is 17.3. The Labute approximate surface area is 130 Å². The van der Waals surface area contributed by atoms with Gasteiger partial charge < -0.3 is 0 Å². The summed E-state index contributed by atoms with van der Waals surface area (Å²) < 4.78 is 0. The lowest BCUT2D eigenvalue weighted by molar-refractivity contribution is 0.108. The molecule has 0 bridgehead atoms. The average molecular weight is 322 g/mol. The summed E-state index contributed by atoms with van der Waals surface area (Å²) in [5, 5.41) is 2.83. The van der Waals surface area contributed by atoms with E-state index in [9.17, 15) is 4.79 Å². The first-order valence-electron chi connectivity index (χ1n) is 5.91. The molecule has 0 atom stereocenters. The summed E-state index contributed by atoms with van der Waals surface area (Å²) in [6.07, 6.45) is 0. The van der Waals surface area contributed by atoms with Crippen LogP contribution in [-0.4, -0.2) is 10.2 Å². The number of pyridine rings is 1. The van der Waals surface area contributed by atoms with E-state index in [1.807, 2.05) is 24.4 Å². The molecule has 1 aromatic carbocycles. The number of benzene rings is 1. The fourth-order valence-corrected chi connectivity index (χ4v) is 3.11. The van der Waals surface area contributed by atoms with Crippen molar-refractivity contribution in [3.05, 3.63) is 51.9 Å². The molecule has 0 fully saturated rings. The van der Waals surface area contributed by atoms with Crippen molar-refractivity contribution in [1.29, 1.82) is 0 Å². The molecule has 5 heteroatoms. The Morgan fingerprint density at radius 3 is 2.75 bits per heavy atom. The third-order valence-electron chi connectivity index (χ3n) is 3.15. The molecular weight excluding hydrogens is 313 g/mol. The van der Waals surface area contributed by atoms with Gasteiger partial charge in [-0.3, -0.25) is 4.79 Å². The highest BCUT2D eigenvalue weighted by Gasteiger charge is 2.15. The van der Waals surface area contributed by atoms with Gasteiger partial charge in [-0.05, 0) is 47.7 Å². The van der Waals surface area contributed by atoms with Crippen molar-refractivity contribution in [2.24, 2.45) is 0 Å². The number of aromatic nitrogens is 1. The van der Waals surface area contributed by atoms with Crippen LogP contribution in [0.25, 0.3) is 21.5 Å². The summed E-state index contributed by atoms with van der Waals surface area (Å²) in [5.74, 6) is 0. The second-order valence-corrected chi connectivity index (χ2v) is 6.07. The van der Waals surface area contributed by atoms with Crippen LogP contribution in [0.1, 0.15) is 15.9 Å². The van der Waals surface area contributed by atoms with Crippen molar-refractivity contribution in [3.63, 3.8) is 0 Å². The van der Waals surface area contributed by atoms with Gasteiger partial charge in [-0.2, -0.15) is 0 Å². The zero-order valence-corrected chi connectivity index (χ0v) is 12.8. The Morgan fingerprint density at radius 1 is 1.30 bits per heavy atom. The van der Waals surface area contributed by atoms with Crippen LogP contribution in [0, 0.1) is 6.92 Å². The number of fused-ring (bicyclic) bond motifs is 1. The van der Waals surface area contributed by atoms with E-state index in [0.29, 0.717) is 16.1 Å². The fourth-order valence-electron chi connectivity index (χ4n) is 2.12. The van der Waals surface area contributed by atoms with Crippen LogP contribution in [0.2, 0.25) is 5.02 Å². The van der Waals surface area contributed by atoms with Gasteiger partial charge in [0.2, 0.25) is 0 Å². The highest BCUT2D eigenvalue weighted by molar-refractivity contribution is 7.13. The third-order valence-corrected chi connectivity index (χ3v) is 4.66. The Bertz CT molecular complexity index is 812. The van der Waals surface area contributed by atoms with E-state index in [0.717, 1.165) is 21.5 Å². The summed E-state index contributed by atoms with van der Waals surface area (Å²) in [7, 11) is 0. The van der Waals surface area contributed by atoms with Gasteiger partial charge in [0.15, 0.2) is 0 Å².